The number of rotatable bonds is 7. The molecular formula is C23H20N4O4S. The monoisotopic (exact) mass is 448 g/mol. The summed E-state index contributed by atoms with van der Waals surface area (Å²) in [6.07, 6.45) is 3.08. The van der Waals surface area contributed by atoms with E-state index in [0.717, 1.165) is 17.0 Å². The van der Waals surface area contributed by atoms with Crippen molar-refractivity contribution in [3.05, 3.63) is 89.3 Å². The number of amides is 2. The van der Waals surface area contributed by atoms with Crippen LogP contribution in [-0.4, -0.2) is 22.0 Å². The molecule has 0 fully saturated rings. The van der Waals surface area contributed by atoms with Gasteiger partial charge in [-0.1, -0.05) is 11.2 Å². The Balaban J connectivity index is 1.46. The molecule has 4 aromatic rings. The maximum atomic E-state index is 13.0. The molecule has 0 saturated heterocycles. The van der Waals surface area contributed by atoms with Crippen molar-refractivity contribution in [3.63, 3.8) is 0 Å². The molecule has 1 aromatic carbocycles. The van der Waals surface area contributed by atoms with Crippen LogP contribution in [0.25, 0.3) is 0 Å². The Labute approximate surface area is 188 Å². The molecule has 0 radical (unpaired) electrons. The van der Waals surface area contributed by atoms with Crippen LogP contribution < -0.4 is 10.6 Å². The lowest BCUT2D eigenvalue weighted by Gasteiger charge is -2.10. The Hall–Kier alpha value is -3.85. The second-order valence-electron chi connectivity index (χ2n) is 6.91. The van der Waals surface area contributed by atoms with E-state index in [4.69, 9.17) is 8.94 Å². The molecule has 32 heavy (non-hydrogen) atoms. The highest BCUT2D eigenvalue weighted by atomic mass is 32.2. The van der Waals surface area contributed by atoms with Crippen LogP contribution in [0.15, 0.2) is 75.0 Å². The molecule has 0 bridgehead atoms. The van der Waals surface area contributed by atoms with Crippen LogP contribution in [0.5, 0.6) is 0 Å². The molecule has 3 aromatic heterocycles. The van der Waals surface area contributed by atoms with Gasteiger partial charge in [0.15, 0.2) is 5.76 Å². The molecule has 8 nitrogen and oxygen atoms in total. The van der Waals surface area contributed by atoms with E-state index in [0.29, 0.717) is 27.7 Å². The van der Waals surface area contributed by atoms with Gasteiger partial charge < -0.3 is 19.6 Å². The van der Waals surface area contributed by atoms with Crippen molar-refractivity contribution in [3.8, 4) is 0 Å². The molecule has 0 unspecified atom stereocenters. The lowest BCUT2D eigenvalue weighted by atomic mass is 10.2. The summed E-state index contributed by atoms with van der Waals surface area (Å²) < 4.78 is 10.3. The number of nitrogens with zero attached hydrogens (tertiary/aromatic N) is 2. The second kappa shape index (κ2) is 9.52. The van der Waals surface area contributed by atoms with E-state index < -0.39 is 0 Å². The van der Waals surface area contributed by atoms with Gasteiger partial charge >= 0.3 is 0 Å². The van der Waals surface area contributed by atoms with Crippen molar-refractivity contribution < 1.29 is 18.5 Å². The minimum Gasteiger partial charge on any atom is -0.459 e. The zero-order valence-electron chi connectivity index (χ0n) is 17.4. The molecule has 9 heteroatoms. The normalized spacial score (nSPS) is 10.7. The van der Waals surface area contributed by atoms with Gasteiger partial charge in [0.25, 0.3) is 11.8 Å². The number of furan rings is 1. The van der Waals surface area contributed by atoms with Gasteiger partial charge in [-0.2, -0.15) is 0 Å². The van der Waals surface area contributed by atoms with Gasteiger partial charge in [0.2, 0.25) is 0 Å². The average Bonchev–Trinajstić information content (AvgIpc) is 3.43. The molecule has 3 heterocycles. The van der Waals surface area contributed by atoms with E-state index >= 15 is 0 Å². The topological polar surface area (TPSA) is 110 Å². The van der Waals surface area contributed by atoms with E-state index in [1.54, 1.807) is 54.7 Å². The van der Waals surface area contributed by atoms with Crippen LogP contribution in [-0.2, 0) is 5.75 Å². The van der Waals surface area contributed by atoms with Crippen molar-refractivity contribution in [1.29, 1.82) is 0 Å². The number of thioether (sulfide) groups is 1. The Morgan fingerprint density at radius 2 is 1.78 bits per heavy atom. The van der Waals surface area contributed by atoms with E-state index in [2.05, 4.69) is 20.8 Å². The minimum absolute atomic E-state index is 0.203. The molecule has 0 spiro atoms. The van der Waals surface area contributed by atoms with Crippen LogP contribution in [0.1, 0.15) is 37.9 Å². The number of pyridine rings is 1. The van der Waals surface area contributed by atoms with Crippen LogP contribution in [0.2, 0.25) is 0 Å². The van der Waals surface area contributed by atoms with Crippen molar-refractivity contribution in [1.82, 2.24) is 10.1 Å². The first-order valence-corrected chi connectivity index (χ1v) is 10.8. The van der Waals surface area contributed by atoms with Gasteiger partial charge in [-0.3, -0.25) is 9.59 Å². The maximum absolute atomic E-state index is 13.0. The number of benzene rings is 1. The molecule has 0 aliphatic rings. The zero-order chi connectivity index (χ0) is 22.5. The third-order valence-corrected chi connectivity index (χ3v) is 5.71. The number of hydrogen-bond acceptors (Lipinski definition) is 7. The van der Waals surface area contributed by atoms with E-state index in [1.165, 1.54) is 18.0 Å². The molecule has 2 amide bonds. The highest BCUT2D eigenvalue weighted by Gasteiger charge is 2.16. The first-order chi connectivity index (χ1) is 15.5. The number of carbonyl (C=O) groups is 2. The van der Waals surface area contributed by atoms with Gasteiger partial charge in [0.1, 0.15) is 10.8 Å². The fourth-order valence-electron chi connectivity index (χ4n) is 3.00. The fourth-order valence-corrected chi connectivity index (χ4v) is 4.15. The molecule has 0 aliphatic carbocycles. The summed E-state index contributed by atoms with van der Waals surface area (Å²) in [5.41, 5.74) is 3.34. The van der Waals surface area contributed by atoms with Crippen molar-refractivity contribution in [2.24, 2.45) is 0 Å². The number of aryl methyl sites for hydroxylation is 2. The summed E-state index contributed by atoms with van der Waals surface area (Å²) in [6, 6.07) is 13.5. The Morgan fingerprint density at radius 1 is 1.00 bits per heavy atom. The number of nitrogens with one attached hydrogen (secondary N) is 2. The number of aromatic nitrogens is 2. The van der Waals surface area contributed by atoms with Gasteiger partial charge in [-0.15, -0.1) is 11.8 Å². The smallest absolute Gasteiger partial charge is 0.291 e. The van der Waals surface area contributed by atoms with Gasteiger partial charge in [-0.25, -0.2) is 4.98 Å². The van der Waals surface area contributed by atoms with Crippen molar-refractivity contribution in [2.75, 3.05) is 10.6 Å². The lowest BCUT2D eigenvalue weighted by Crippen LogP contribution is -2.14. The van der Waals surface area contributed by atoms with E-state index in [-0.39, 0.29) is 17.6 Å². The van der Waals surface area contributed by atoms with Gasteiger partial charge in [0.05, 0.1) is 17.5 Å². The Kier molecular flexibility index (Phi) is 6.37. The third-order valence-electron chi connectivity index (χ3n) is 4.67. The number of hydrogen-bond donors (Lipinski definition) is 2. The Bertz CT molecular complexity index is 1230. The molecule has 162 valence electrons. The molecular weight excluding hydrogens is 428 g/mol. The SMILES string of the molecule is Cc1noc(C)c1CSc1ncccc1C(=O)Nc1cccc(NC(=O)c2ccco2)c1. The second-order valence-corrected chi connectivity index (χ2v) is 7.88. The van der Waals surface area contributed by atoms with Crippen molar-refractivity contribution >= 4 is 35.0 Å². The maximum Gasteiger partial charge on any atom is 0.291 e. The van der Waals surface area contributed by atoms with Crippen LogP contribution >= 0.6 is 11.8 Å². The summed E-state index contributed by atoms with van der Waals surface area (Å²) in [4.78, 5) is 29.5. The minimum atomic E-state index is -0.372. The summed E-state index contributed by atoms with van der Waals surface area (Å²) in [7, 11) is 0. The third kappa shape index (κ3) is 4.89. The predicted molar refractivity (Wildman–Crippen MR) is 121 cm³/mol. The predicted octanol–water partition coefficient (Wildman–Crippen LogP) is 5.08. The highest BCUT2D eigenvalue weighted by Crippen LogP contribution is 2.28. The Morgan fingerprint density at radius 3 is 2.47 bits per heavy atom. The number of carbonyl (C=O) groups excluding carboxylic acids is 2. The number of anilines is 2. The fraction of sp³-hybridized carbons (Fsp3) is 0.130. The summed E-state index contributed by atoms with van der Waals surface area (Å²) in [5.74, 6) is 0.880. The van der Waals surface area contributed by atoms with E-state index in [1.807, 2.05) is 13.8 Å². The summed E-state index contributed by atoms with van der Waals surface area (Å²) in [5, 5.41) is 10.2. The largest absolute Gasteiger partial charge is 0.459 e. The van der Waals surface area contributed by atoms with Crippen LogP contribution in [0, 0.1) is 13.8 Å². The molecule has 0 aliphatic heterocycles. The van der Waals surface area contributed by atoms with Crippen molar-refractivity contribution in [2.45, 2.75) is 24.6 Å². The molecule has 0 saturated carbocycles. The van der Waals surface area contributed by atoms with Crippen LogP contribution in [0.3, 0.4) is 0 Å². The highest BCUT2D eigenvalue weighted by molar-refractivity contribution is 7.98. The average molecular weight is 449 g/mol. The van der Waals surface area contributed by atoms with Gasteiger partial charge in [0, 0.05) is 28.9 Å². The standard InChI is InChI=1S/C23H20N4O4S/c1-14-19(15(2)31-27-14)13-32-23-18(8-4-10-24-23)21(28)25-16-6-3-7-17(12-16)26-22(29)20-9-5-11-30-20/h3-12H,13H2,1-2H3,(H,25,28)(H,26,29). The molecule has 2 N–H and O–H groups in total. The first-order valence-electron chi connectivity index (χ1n) is 9.77. The summed E-state index contributed by atoms with van der Waals surface area (Å²) in [6.45, 7) is 3.75. The molecule has 4 rings (SSSR count). The quantitative estimate of drug-likeness (QED) is 0.380. The zero-order valence-corrected chi connectivity index (χ0v) is 18.2. The lowest BCUT2D eigenvalue weighted by molar-refractivity contribution is 0.0994. The first kappa shape index (κ1) is 21.4. The van der Waals surface area contributed by atoms with Gasteiger partial charge in [-0.05, 0) is 56.3 Å². The molecule has 0 atom stereocenters. The van der Waals surface area contributed by atoms with Crippen LogP contribution in [0.4, 0.5) is 11.4 Å². The summed E-state index contributed by atoms with van der Waals surface area (Å²) >= 11 is 1.44. The van der Waals surface area contributed by atoms with E-state index in [9.17, 15) is 9.59 Å².